The fraction of sp³-hybridized carbons (Fsp3) is 0.529. The van der Waals surface area contributed by atoms with Crippen LogP contribution >= 0.6 is 11.6 Å². The molecule has 1 heterocycles. The highest BCUT2D eigenvalue weighted by molar-refractivity contribution is 6.32. The third-order valence-corrected chi connectivity index (χ3v) is 4.44. The van der Waals surface area contributed by atoms with Gasteiger partial charge in [0.05, 0.1) is 11.6 Å². The first-order chi connectivity index (χ1) is 11.4. The van der Waals surface area contributed by atoms with Gasteiger partial charge in [0.15, 0.2) is 11.5 Å². The zero-order valence-corrected chi connectivity index (χ0v) is 14.4. The summed E-state index contributed by atoms with van der Waals surface area (Å²) >= 11 is 5.98. The van der Waals surface area contributed by atoms with E-state index in [2.05, 4.69) is 0 Å². The Kier molecular flexibility index (Phi) is 6.31. The summed E-state index contributed by atoms with van der Waals surface area (Å²) in [5.41, 5.74) is 0.361. The molecule has 2 rings (SSSR count). The molecule has 1 fully saturated rings. The van der Waals surface area contributed by atoms with Gasteiger partial charge in [-0.15, -0.1) is 0 Å². The molecule has 2 N–H and O–H groups in total. The van der Waals surface area contributed by atoms with Crippen molar-refractivity contribution < 1.29 is 24.5 Å². The molecule has 0 aromatic heterocycles. The number of rotatable bonds is 6. The molecule has 1 saturated heterocycles. The fourth-order valence-electron chi connectivity index (χ4n) is 2.96. The van der Waals surface area contributed by atoms with Crippen molar-refractivity contribution in [1.29, 1.82) is 0 Å². The van der Waals surface area contributed by atoms with Gasteiger partial charge in [0.2, 0.25) is 0 Å². The number of carboxylic acid groups (broad SMARTS) is 1. The molecule has 6 nitrogen and oxygen atoms in total. The summed E-state index contributed by atoms with van der Waals surface area (Å²) in [6.07, 6.45) is 2.46. The maximum Gasteiger partial charge on any atom is 0.303 e. The predicted octanol–water partition coefficient (Wildman–Crippen LogP) is 3.16. The number of carbonyl (C=O) groups is 2. The number of amides is 1. The van der Waals surface area contributed by atoms with Crippen LogP contribution < -0.4 is 4.74 Å². The van der Waals surface area contributed by atoms with Crippen LogP contribution in [0.2, 0.25) is 5.02 Å². The van der Waals surface area contributed by atoms with Crippen LogP contribution in [0.5, 0.6) is 11.5 Å². The van der Waals surface area contributed by atoms with E-state index in [1.807, 2.05) is 0 Å². The molecule has 24 heavy (non-hydrogen) atoms. The van der Waals surface area contributed by atoms with Crippen LogP contribution in [0.4, 0.5) is 0 Å². The van der Waals surface area contributed by atoms with E-state index in [1.165, 1.54) is 12.1 Å². The molecular formula is C17H22ClNO5. The van der Waals surface area contributed by atoms with E-state index >= 15 is 0 Å². The second kappa shape index (κ2) is 8.24. The van der Waals surface area contributed by atoms with Crippen molar-refractivity contribution in [3.63, 3.8) is 0 Å². The summed E-state index contributed by atoms with van der Waals surface area (Å²) in [6.45, 7) is 3.29. The smallest absolute Gasteiger partial charge is 0.303 e. The second-order valence-corrected chi connectivity index (χ2v) is 6.34. The molecule has 1 aromatic rings. The number of benzene rings is 1. The standard InChI is InChI=1S/C17H22ClNO5/c1-2-24-14-9-12(8-13(18)16(14)22)17(23)19-7-3-4-11(10-19)5-6-15(20)21/h8-9,11,22H,2-7,10H2,1H3,(H,20,21). The molecule has 7 heteroatoms. The van der Waals surface area contributed by atoms with Crippen LogP contribution in [0.25, 0.3) is 0 Å². The first-order valence-corrected chi connectivity index (χ1v) is 8.46. The first-order valence-electron chi connectivity index (χ1n) is 8.08. The summed E-state index contributed by atoms with van der Waals surface area (Å²) in [5.74, 6) is -0.790. The van der Waals surface area contributed by atoms with Crippen molar-refractivity contribution in [3.8, 4) is 11.5 Å². The zero-order valence-electron chi connectivity index (χ0n) is 13.6. The Morgan fingerprint density at radius 1 is 1.42 bits per heavy atom. The normalized spacial score (nSPS) is 17.6. The molecule has 0 aliphatic carbocycles. The highest BCUT2D eigenvalue weighted by Gasteiger charge is 2.26. The second-order valence-electron chi connectivity index (χ2n) is 5.93. The Morgan fingerprint density at radius 2 is 2.17 bits per heavy atom. The Bertz CT molecular complexity index is 619. The first kappa shape index (κ1) is 18.4. The van der Waals surface area contributed by atoms with Gasteiger partial charge in [-0.05, 0) is 44.2 Å². The van der Waals surface area contributed by atoms with Gasteiger partial charge in [0.25, 0.3) is 5.91 Å². The van der Waals surface area contributed by atoms with E-state index in [0.29, 0.717) is 31.7 Å². The number of aromatic hydroxyl groups is 1. The number of hydrogen-bond donors (Lipinski definition) is 2. The number of ether oxygens (including phenoxy) is 1. The molecule has 132 valence electrons. The molecular weight excluding hydrogens is 334 g/mol. The van der Waals surface area contributed by atoms with Gasteiger partial charge in [0.1, 0.15) is 0 Å². The number of halogens is 1. The van der Waals surface area contributed by atoms with Gasteiger partial charge >= 0.3 is 5.97 Å². The Labute approximate surface area is 146 Å². The molecule has 1 aromatic carbocycles. The molecule has 1 aliphatic heterocycles. The van der Waals surface area contributed by atoms with Gasteiger partial charge in [-0.2, -0.15) is 0 Å². The predicted molar refractivity (Wildman–Crippen MR) is 89.8 cm³/mol. The van der Waals surface area contributed by atoms with Gasteiger partial charge in [-0.25, -0.2) is 0 Å². The number of likely N-dealkylation sites (tertiary alicyclic amines) is 1. The van der Waals surface area contributed by atoms with Crippen molar-refractivity contribution >= 4 is 23.5 Å². The minimum atomic E-state index is -0.815. The molecule has 1 aliphatic rings. The van der Waals surface area contributed by atoms with E-state index in [9.17, 15) is 14.7 Å². The van der Waals surface area contributed by atoms with Crippen LogP contribution in [0, 0.1) is 5.92 Å². The summed E-state index contributed by atoms with van der Waals surface area (Å²) in [5, 5.41) is 18.7. The highest BCUT2D eigenvalue weighted by atomic mass is 35.5. The Hall–Kier alpha value is -1.95. The highest BCUT2D eigenvalue weighted by Crippen LogP contribution is 2.36. The molecule has 1 atom stereocenters. The SMILES string of the molecule is CCOc1cc(C(=O)N2CCCC(CCC(=O)O)C2)cc(Cl)c1O. The monoisotopic (exact) mass is 355 g/mol. The van der Waals surface area contributed by atoms with Crippen LogP contribution in [0.15, 0.2) is 12.1 Å². The number of piperidine rings is 1. The maximum atomic E-state index is 12.7. The van der Waals surface area contributed by atoms with Crippen molar-refractivity contribution in [2.45, 2.75) is 32.6 Å². The van der Waals surface area contributed by atoms with Gasteiger partial charge in [-0.3, -0.25) is 9.59 Å². The summed E-state index contributed by atoms with van der Waals surface area (Å²) in [7, 11) is 0. The topological polar surface area (TPSA) is 87.1 Å². The largest absolute Gasteiger partial charge is 0.503 e. The van der Waals surface area contributed by atoms with Gasteiger partial charge in [-0.1, -0.05) is 11.6 Å². The Balaban J connectivity index is 2.11. The van der Waals surface area contributed by atoms with Gasteiger partial charge < -0.3 is 19.8 Å². The van der Waals surface area contributed by atoms with Crippen molar-refractivity contribution in [2.75, 3.05) is 19.7 Å². The molecule has 0 saturated carbocycles. The van der Waals surface area contributed by atoms with Gasteiger partial charge in [0, 0.05) is 25.1 Å². The number of nitrogens with zero attached hydrogens (tertiary/aromatic N) is 1. The van der Waals surface area contributed by atoms with Crippen molar-refractivity contribution in [1.82, 2.24) is 4.90 Å². The number of aliphatic carboxylic acids is 1. The summed E-state index contributed by atoms with van der Waals surface area (Å²) in [6, 6.07) is 2.93. The van der Waals surface area contributed by atoms with E-state index in [4.69, 9.17) is 21.4 Å². The number of phenols is 1. The zero-order chi connectivity index (χ0) is 17.7. The number of carboxylic acids is 1. The van der Waals surface area contributed by atoms with Crippen molar-refractivity contribution in [3.05, 3.63) is 22.7 Å². The lowest BCUT2D eigenvalue weighted by Crippen LogP contribution is -2.40. The summed E-state index contributed by atoms with van der Waals surface area (Å²) < 4.78 is 5.31. The minimum Gasteiger partial charge on any atom is -0.503 e. The number of phenolic OH excluding ortho intramolecular Hbond substituents is 1. The average Bonchev–Trinajstić information content (AvgIpc) is 2.56. The van der Waals surface area contributed by atoms with Crippen molar-refractivity contribution in [2.24, 2.45) is 5.92 Å². The minimum absolute atomic E-state index is 0.0729. The maximum absolute atomic E-state index is 12.7. The van der Waals surface area contributed by atoms with E-state index < -0.39 is 5.97 Å². The van der Waals surface area contributed by atoms with Crippen LogP contribution in [-0.4, -0.2) is 46.7 Å². The van der Waals surface area contributed by atoms with Crippen LogP contribution in [0.3, 0.4) is 0 Å². The fourth-order valence-corrected chi connectivity index (χ4v) is 3.17. The lowest BCUT2D eigenvalue weighted by atomic mass is 9.93. The average molecular weight is 356 g/mol. The molecule has 0 bridgehead atoms. The Morgan fingerprint density at radius 3 is 2.83 bits per heavy atom. The molecule has 1 unspecified atom stereocenters. The summed E-state index contributed by atoms with van der Waals surface area (Å²) in [4.78, 5) is 25.1. The molecule has 0 spiro atoms. The van der Waals surface area contributed by atoms with E-state index in [1.54, 1.807) is 11.8 Å². The third-order valence-electron chi connectivity index (χ3n) is 4.15. The van der Waals surface area contributed by atoms with Crippen LogP contribution in [-0.2, 0) is 4.79 Å². The lowest BCUT2D eigenvalue weighted by molar-refractivity contribution is -0.137. The number of carbonyl (C=O) groups excluding carboxylic acids is 1. The molecule has 0 radical (unpaired) electrons. The molecule has 1 amide bonds. The van der Waals surface area contributed by atoms with Crippen LogP contribution in [0.1, 0.15) is 43.0 Å². The lowest BCUT2D eigenvalue weighted by Gasteiger charge is -2.32. The van der Waals surface area contributed by atoms with E-state index in [-0.39, 0.29) is 34.8 Å². The third kappa shape index (κ3) is 4.54. The quantitative estimate of drug-likeness (QED) is 0.818. The number of hydrogen-bond acceptors (Lipinski definition) is 4. The van der Waals surface area contributed by atoms with E-state index in [0.717, 1.165) is 12.8 Å².